The molecule has 8 heteroatoms. The van der Waals surface area contributed by atoms with Gasteiger partial charge in [0.2, 0.25) is 5.91 Å². The van der Waals surface area contributed by atoms with E-state index in [1.165, 1.54) is 16.8 Å². The Bertz CT molecular complexity index is 540. The number of carbonyl (C=O) groups excluding carboxylic acids is 1. The molecule has 0 unspecified atom stereocenters. The maximum atomic E-state index is 12.0. The fourth-order valence-electron chi connectivity index (χ4n) is 1.60. The molecule has 0 saturated carbocycles. The van der Waals surface area contributed by atoms with Gasteiger partial charge >= 0.3 is 5.97 Å². The molecule has 1 heterocycles. The van der Waals surface area contributed by atoms with Gasteiger partial charge in [0.1, 0.15) is 6.54 Å². The molecule has 0 atom stereocenters. The summed E-state index contributed by atoms with van der Waals surface area (Å²) < 4.78 is 1.50. The molecule has 0 fully saturated rings. The van der Waals surface area contributed by atoms with E-state index < -0.39 is 11.5 Å². The fourth-order valence-corrected chi connectivity index (χ4v) is 2.30. The van der Waals surface area contributed by atoms with Gasteiger partial charge in [0.15, 0.2) is 5.16 Å². The van der Waals surface area contributed by atoms with E-state index in [2.05, 4.69) is 4.98 Å². The first-order valence-corrected chi connectivity index (χ1v) is 7.16. The average Bonchev–Trinajstić information content (AvgIpc) is 2.40. The number of nitrogens with zero attached hydrogens (tertiary/aromatic N) is 3. The van der Waals surface area contributed by atoms with Crippen molar-refractivity contribution in [3.05, 3.63) is 22.6 Å². The van der Waals surface area contributed by atoms with Crippen LogP contribution >= 0.6 is 11.8 Å². The van der Waals surface area contributed by atoms with Gasteiger partial charge in [-0.1, -0.05) is 11.8 Å². The molecule has 0 spiro atoms. The fraction of sp³-hybridized carbons (Fsp3) is 0.500. The number of thioether (sulfide) groups is 1. The van der Waals surface area contributed by atoms with E-state index in [1.807, 2.05) is 13.8 Å². The number of amides is 1. The summed E-state index contributed by atoms with van der Waals surface area (Å²) >= 11 is 0.920. The van der Waals surface area contributed by atoms with Crippen molar-refractivity contribution in [1.29, 1.82) is 0 Å². The molecule has 1 aromatic rings. The lowest BCUT2D eigenvalue weighted by Gasteiger charge is -2.20. The summed E-state index contributed by atoms with van der Waals surface area (Å²) in [5, 5.41) is 8.91. The highest BCUT2D eigenvalue weighted by atomic mass is 32.2. The predicted molar refractivity (Wildman–Crippen MR) is 74.8 cm³/mol. The predicted octanol–water partition coefficient (Wildman–Crippen LogP) is 0.288. The zero-order valence-corrected chi connectivity index (χ0v) is 12.2. The number of carboxylic acids is 1. The standard InChI is InChI=1S/C12H17N3O4S/c1-3-14(4-2)10(17)7-15-6-5-9(16)13-12(15)20-8-11(18)19/h5-6H,3-4,7-8H2,1-2H3,(H,18,19). The number of hydrogen-bond donors (Lipinski definition) is 1. The van der Waals surface area contributed by atoms with Crippen LogP contribution in [0.2, 0.25) is 0 Å². The highest BCUT2D eigenvalue weighted by Gasteiger charge is 2.13. The summed E-state index contributed by atoms with van der Waals surface area (Å²) in [6.45, 7) is 4.99. The summed E-state index contributed by atoms with van der Waals surface area (Å²) in [6, 6.07) is 1.25. The van der Waals surface area contributed by atoms with Crippen molar-refractivity contribution in [2.45, 2.75) is 25.5 Å². The second kappa shape index (κ2) is 7.68. The first-order chi connectivity index (χ1) is 9.47. The zero-order chi connectivity index (χ0) is 15.1. The Balaban J connectivity index is 2.90. The van der Waals surface area contributed by atoms with E-state index in [9.17, 15) is 14.4 Å². The van der Waals surface area contributed by atoms with Crippen molar-refractivity contribution >= 4 is 23.6 Å². The Kier molecular flexibility index (Phi) is 6.23. The van der Waals surface area contributed by atoms with Gasteiger partial charge in [0.05, 0.1) is 5.75 Å². The summed E-state index contributed by atoms with van der Waals surface area (Å²) in [5.41, 5.74) is -0.454. The van der Waals surface area contributed by atoms with Crippen molar-refractivity contribution in [3.8, 4) is 0 Å². The molecular weight excluding hydrogens is 282 g/mol. The van der Waals surface area contributed by atoms with Crippen molar-refractivity contribution in [2.24, 2.45) is 0 Å². The molecular formula is C12H17N3O4S. The molecule has 0 aliphatic carbocycles. The summed E-state index contributed by atoms with van der Waals surface area (Å²) in [6.07, 6.45) is 1.46. The van der Waals surface area contributed by atoms with Crippen LogP contribution < -0.4 is 5.56 Å². The molecule has 110 valence electrons. The van der Waals surface area contributed by atoms with Gasteiger partial charge in [-0.2, -0.15) is 4.98 Å². The molecule has 0 aliphatic heterocycles. The van der Waals surface area contributed by atoms with Crippen LogP contribution in [0.4, 0.5) is 0 Å². The number of carbonyl (C=O) groups is 2. The first-order valence-electron chi connectivity index (χ1n) is 6.17. The Labute approximate surface area is 120 Å². The van der Waals surface area contributed by atoms with Crippen molar-refractivity contribution < 1.29 is 14.7 Å². The van der Waals surface area contributed by atoms with Crippen LogP contribution in [0, 0.1) is 0 Å². The summed E-state index contributed by atoms with van der Waals surface area (Å²) in [5.74, 6) is -1.32. The van der Waals surface area contributed by atoms with E-state index in [4.69, 9.17) is 5.11 Å². The maximum absolute atomic E-state index is 12.0. The Morgan fingerprint density at radius 2 is 2.05 bits per heavy atom. The quantitative estimate of drug-likeness (QED) is 0.574. The van der Waals surface area contributed by atoms with Crippen LogP contribution in [-0.2, 0) is 16.1 Å². The number of hydrogen-bond acceptors (Lipinski definition) is 5. The van der Waals surface area contributed by atoms with E-state index in [0.717, 1.165) is 11.8 Å². The largest absolute Gasteiger partial charge is 0.481 e. The second-order valence-corrected chi connectivity index (χ2v) is 4.87. The number of likely N-dealkylation sites (N-methyl/N-ethyl adjacent to an activating group) is 1. The zero-order valence-electron chi connectivity index (χ0n) is 11.4. The molecule has 0 aliphatic rings. The molecule has 0 saturated heterocycles. The minimum Gasteiger partial charge on any atom is -0.481 e. The van der Waals surface area contributed by atoms with Crippen molar-refractivity contribution in [3.63, 3.8) is 0 Å². The van der Waals surface area contributed by atoms with Gasteiger partial charge in [-0.25, -0.2) is 0 Å². The lowest BCUT2D eigenvalue weighted by atomic mass is 10.4. The van der Waals surface area contributed by atoms with E-state index in [-0.39, 0.29) is 23.4 Å². The Morgan fingerprint density at radius 1 is 1.40 bits per heavy atom. The van der Waals surface area contributed by atoms with Crippen LogP contribution in [0.5, 0.6) is 0 Å². The second-order valence-electron chi connectivity index (χ2n) is 3.92. The third-order valence-electron chi connectivity index (χ3n) is 2.60. The Hall–Kier alpha value is -1.83. The highest BCUT2D eigenvalue weighted by molar-refractivity contribution is 7.99. The van der Waals surface area contributed by atoms with Crippen LogP contribution in [0.25, 0.3) is 0 Å². The van der Waals surface area contributed by atoms with Gasteiger partial charge in [-0.15, -0.1) is 0 Å². The van der Waals surface area contributed by atoms with E-state index in [1.54, 1.807) is 4.90 Å². The molecule has 1 amide bonds. The molecule has 1 rings (SSSR count). The monoisotopic (exact) mass is 299 g/mol. The molecule has 0 radical (unpaired) electrons. The van der Waals surface area contributed by atoms with Gasteiger partial charge in [-0.3, -0.25) is 14.4 Å². The van der Waals surface area contributed by atoms with Crippen molar-refractivity contribution in [1.82, 2.24) is 14.5 Å². The smallest absolute Gasteiger partial charge is 0.313 e. The van der Waals surface area contributed by atoms with Gasteiger partial charge in [-0.05, 0) is 13.8 Å². The van der Waals surface area contributed by atoms with E-state index >= 15 is 0 Å². The third kappa shape index (κ3) is 4.69. The van der Waals surface area contributed by atoms with Crippen molar-refractivity contribution in [2.75, 3.05) is 18.8 Å². The molecule has 0 aromatic carbocycles. The van der Waals surface area contributed by atoms with Gasteiger partial charge in [0, 0.05) is 25.4 Å². The summed E-state index contributed by atoms with van der Waals surface area (Å²) in [4.78, 5) is 39.2. The van der Waals surface area contributed by atoms with Gasteiger partial charge in [0.25, 0.3) is 5.56 Å². The minimum absolute atomic E-state index is 0.0386. The van der Waals surface area contributed by atoms with Crippen LogP contribution in [0.3, 0.4) is 0 Å². The normalized spacial score (nSPS) is 10.3. The third-order valence-corrected chi connectivity index (χ3v) is 3.57. The number of carboxylic acid groups (broad SMARTS) is 1. The highest BCUT2D eigenvalue weighted by Crippen LogP contribution is 2.13. The topological polar surface area (TPSA) is 92.5 Å². The lowest BCUT2D eigenvalue weighted by Crippen LogP contribution is -2.34. The molecule has 0 bridgehead atoms. The minimum atomic E-state index is -1.00. The molecule has 1 N–H and O–H groups in total. The SMILES string of the molecule is CCN(CC)C(=O)Cn1ccc(=O)nc1SCC(=O)O. The average molecular weight is 299 g/mol. The Morgan fingerprint density at radius 3 is 2.60 bits per heavy atom. The number of aromatic nitrogens is 2. The molecule has 20 heavy (non-hydrogen) atoms. The van der Waals surface area contributed by atoms with Crippen LogP contribution in [0.15, 0.2) is 22.2 Å². The number of aliphatic carboxylic acids is 1. The van der Waals surface area contributed by atoms with Crippen LogP contribution in [-0.4, -0.2) is 50.3 Å². The molecule has 7 nitrogen and oxygen atoms in total. The number of rotatable bonds is 7. The molecule has 1 aromatic heterocycles. The van der Waals surface area contributed by atoms with Gasteiger partial charge < -0.3 is 14.6 Å². The summed E-state index contributed by atoms with van der Waals surface area (Å²) in [7, 11) is 0. The van der Waals surface area contributed by atoms with Crippen LogP contribution in [0.1, 0.15) is 13.8 Å². The maximum Gasteiger partial charge on any atom is 0.313 e. The first kappa shape index (κ1) is 16.2. The lowest BCUT2D eigenvalue weighted by molar-refractivity contribution is -0.134. The van der Waals surface area contributed by atoms with E-state index in [0.29, 0.717) is 13.1 Å².